The second kappa shape index (κ2) is 4.16. The predicted molar refractivity (Wildman–Crippen MR) is 59.0 cm³/mol. The lowest BCUT2D eigenvalue weighted by Gasteiger charge is -1.97. The van der Waals surface area contributed by atoms with E-state index in [1.54, 1.807) is 6.20 Å². The van der Waals surface area contributed by atoms with Gasteiger partial charge in [0.1, 0.15) is 10.7 Å². The van der Waals surface area contributed by atoms with Crippen LogP contribution >= 0.6 is 27.3 Å². The minimum atomic E-state index is -0.0268. The maximum atomic E-state index is 8.88. The number of aliphatic hydroxyl groups is 1. The van der Waals surface area contributed by atoms with Gasteiger partial charge < -0.3 is 5.11 Å². The first-order chi connectivity index (χ1) is 6.81. The van der Waals surface area contributed by atoms with Crippen LogP contribution in [0, 0.1) is 0 Å². The van der Waals surface area contributed by atoms with Crippen LogP contribution in [0.3, 0.4) is 0 Å². The summed E-state index contributed by atoms with van der Waals surface area (Å²) in [6.45, 7) is -0.0268. The Labute approximate surface area is 93.6 Å². The van der Waals surface area contributed by atoms with Gasteiger partial charge in [0.25, 0.3) is 0 Å². The molecule has 1 N–H and O–H groups in total. The van der Waals surface area contributed by atoms with Crippen LogP contribution in [0.15, 0.2) is 28.2 Å². The third-order valence-electron chi connectivity index (χ3n) is 1.67. The Morgan fingerprint density at radius 3 is 3.00 bits per heavy atom. The molecule has 0 radical (unpaired) electrons. The van der Waals surface area contributed by atoms with Crippen molar-refractivity contribution in [1.29, 1.82) is 0 Å². The van der Waals surface area contributed by atoms with Crippen LogP contribution in [0.1, 0.15) is 5.69 Å². The molecule has 0 fully saturated rings. The van der Waals surface area contributed by atoms with E-state index in [-0.39, 0.29) is 6.61 Å². The molecular weight excluding hydrogens is 264 g/mol. The third-order valence-corrected chi connectivity index (χ3v) is 3.21. The van der Waals surface area contributed by atoms with Gasteiger partial charge in [0, 0.05) is 16.0 Å². The lowest BCUT2D eigenvalue weighted by molar-refractivity contribution is 0.278. The molecule has 2 rings (SSSR count). The van der Waals surface area contributed by atoms with Gasteiger partial charge in [-0.2, -0.15) is 0 Å². The summed E-state index contributed by atoms with van der Waals surface area (Å²) < 4.78 is 0.916. The zero-order valence-corrected chi connectivity index (χ0v) is 9.55. The van der Waals surface area contributed by atoms with Crippen molar-refractivity contribution in [1.82, 2.24) is 9.97 Å². The molecule has 0 atom stereocenters. The van der Waals surface area contributed by atoms with Crippen molar-refractivity contribution in [3.63, 3.8) is 0 Å². The number of nitrogens with zero attached hydrogens (tertiary/aromatic N) is 2. The van der Waals surface area contributed by atoms with E-state index in [0.717, 1.165) is 15.2 Å². The average Bonchev–Trinajstić information content (AvgIpc) is 2.67. The van der Waals surface area contributed by atoms with Crippen molar-refractivity contribution in [3.05, 3.63) is 33.9 Å². The number of aromatic nitrogens is 2. The molecule has 2 heterocycles. The van der Waals surface area contributed by atoms with Crippen LogP contribution in [0.25, 0.3) is 10.7 Å². The van der Waals surface area contributed by atoms with Crippen molar-refractivity contribution in [2.75, 3.05) is 0 Å². The van der Waals surface area contributed by atoms with E-state index in [2.05, 4.69) is 25.9 Å². The van der Waals surface area contributed by atoms with E-state index in [1.165, 1.54) is 11.3 Å². The lowest BCUT2D eigenvalue weighted by atomic mass is 10.4. The molecule has 0 aliphatic carbocycles. The second-order valence-corrected chi connectivity index (χ2v) is 4.35. The standard InChI is InChI=1S/C9H7BrN2OS/c10-7-2-1-3-11-8(7)9-12-6(4-13)5-14-9/h1-3,5,13H,4H2. The zero-order valence-electron chi connectivity index (χ0n) is 7.14. The molecule has 0 spiro atoms. The van der Waals surface area contributed by atoms with Crippen molar-refractivity contribution in [2.45, 2.75) is 6.61 Å². The molecule has 0 amide bonds. The van der Waals surface area contributed by atoms with Crippen LogP contribution in [0.5, 0.6) is 0 Å². The molecule has 0 saturated heterocycles. The van der Waals surface area contributed by atoms with E-state index in [9.17, 15) is 0 Å². The summed E-state index contributed by atoms with van der Waals surface area (Å²) >= 11 is 4.88. The quantitative estimate of drug-likeness (QED) is 0.912. The van der Waals surface area contributed by atoms with Crippen LogP contribution in [0.4, 0.5) is 0 Å². The largest absolute Gasteiger partial charge is 0.390 e. The molecule has 72 valence electrons. The van der Waals surface area contributed by atoms with Gasteiger partial charge in [0.2, 0.25) is 0 Å². The maximum absolute atomic E-state index is 8.88. The number of halogens is 1. The van der Waals surface area contributed by atoms with E-state index in [0.29, 0.717) is 5.69 Å². The Hall–Kier alpha value is -0.780. The molecule has 0 aromatic carbocycles. The summed E-state index contributed by atoms with van der Waals surface area (Å²) in [5, 5.41) is 11.5. The topological polar surface area (TPSA) is 46.0 Å². The normalized spacial score (nSPS) is 10.4. The highest BCUT2D eigenvalue weighted by Crippen LogP contribution is 2.28. The number of hydrogen-bond donors (Lipinski definition) is 1. The Morgan fingerprint density at radius 1 is 1.50 bits per heavy atom. The number of hydrogen-bond acceptors (Lipinski definition) is 4. The summed E-state index contributed by atoms with van der Waals surface area (Å²) in [7, 11) is 0. The Bertz CT molecular complexity index is 444. The van der Waals surface area contributed by atoms with E-state index >= 15 is 0 Å². The first-order valence-corrected chi connectivity index (χ1v) is 5.64. The van der Waals surface area contributed by atoms with Crippen molar-refractivity contribution < 1.29 is 5.11 Å². The highest BCUT2D eigenvalue weighted by atomic mass is 79.9. The van der Waals surface area contributed by atoms with Crippen LogP contribution < -0.4 is 0 Å². The molecule has 0 saturated carbocycles. The van der Waals surface area contributed by atoms with Gasteiger partial charge in [-0.05, 0) is 28.1 Å². The fourth-order valence-electron chi connectivity index (χ4n) is 1.03. The van der Waals surface area contributed by atoms with E-state index < -0.39 is 0 Å². The highest BCUT2D eigenvalue weighted by molar-refractivity contribution is 9.10. The zero-order chi connectivity index (χ0) is 9.97. The average molecular weight is 271 g/mol. The fourth-order valence-corrected chi connectivity index (χ4v) is 2.42. The smallest absolute Gasteiger partial charge is 0.143 e. The van der Waals surface area contributed by atoms with Gasteiger partial charge in [-0.15, -0.1) is 11.3 Å². The second-order valence-electron chi connectivity index (χ2n) is 2.64. The number of thiazole rings is 1. The van der Waals surface area contributed by atoms with Gasteiger partial charge in [-0.3, -0.25) is 4.98 Å². The lowest BCUT2D eigenvalue weighted by Crippen LogP contribution is -1.85. The summed E-state index contributed by atoms with van der Waals surface area (Å²) in [6, 6.07) is 3.77. The molecule has 5 heteroatoms. The number of pyridine rings is 1. The van der Waals surface area contributed by atoms with E-state index in [4.69, 9.17) is 5.11 Å². The van der Waals surface area contributed by atoms with Gasteiger partial charge in [0.15, 0.2) is 0 Å². The monoisotopic (exact) mass is 270 g/mol. The fraction of sp³-hybridized carbons (Fsp3) is 0.111. The molecule has 0 aliphatic rings. The molecule has 2 aromatic rings. The number of aliphatic hydroxyl groups excluding tert-OH is 1. The van der Waals surface area contributed by atoms with Crippen LogP contribution in [-0.2, 0) is 6.61 Å². The summed E-state index contributed by atoms with van der Waals surface area (Å²) in [5.41, 5.74) is 1.50. The Kier molecular flexibility index (Phi) is 2.90. The minimum absolute atomic E-state index is 0.0268. The molecule has 14 heavy (non-hydrogen) atoms. The van der Waals surface area contributed by atoms with Gasteiger partial charge in [-0.25, -0.2) is 4.98 Å². The maximum Gasteiger partial charge on any atom is 0.143 e. The van der Waals surface area contributed by atoms with E-state index in [1.807, 2.05) is 17.5 Å². The Morgan fingerprint density at radius 2 is 2.36 bits per heavy atom. The Balaban J connectivity index is 2.44. The SMILES string of the molecule is OCc1csc(-c2ncccc2Br)n1. The van der Waals surface area contributed by atoms with Crippen molar-refractivity contribution in [3.8, 4) is 10.7 Å². The van der Waals surface area contributed by atoms with Gasteiger partial charge in [-0.1, -0.05) is 0 Å². The first-order valence-electron chi connectivity index (χ1n) is 3.97. The molecule has 2 aromatic heterocycles. The van der Waals surface area contributed by atoms with Crippen LogP contribution in [0.2, 0.25) is 0 Å². The molecule has 3 nitrogen and oxygen atoms in total. The third kappa shape index (κ3) is 1.84. The van der Waals surface area contributed by atoms with Crippen molar-refractivity contribution >= 4 is 27.3 Å². The molecule has 0 unspecified atom stereocenters. The number of rotatable bonds is 2. The molecular formula is C9H7BrN2OS. The van der Waals surface area contributed by atoms with Crippen molar-refractivity contribution in [2.24, 2.45) is 0 Å². The molecule has 0 bridgehead atoms. The highest BCUT2D eigenvalue weighted by Gasteiger charge is 2.08. The van der Waals surface area contributed by atoms with Crippen LogP contribution in [-0.4, -0.2) is 15.1 Å². The predicted octanol–water partition coefficient (Wildman–Crippen LogP) is 2.46. The van der Waals surface area contributed by atoms with Gasteiger partial charge >= 0.3 is 0 Å². The molecule has 0 aliphatic heterocycles. The summed E-state index contributed by atoms with van der Waals surface area (Å²) in [5.74, 6) is 0. The van der Waals surface area contributed by atoms with Gasteiger partial charge in [0.05, 0.1) is 12.3 Å². The summed E-state index contributed by atoms with van der Waals surface area (Å²) in [6.07, 6.45) is 1.72. The first kappa shape index (κ1) is 9.76. The minimum Gasteiger partial charge on any atom is -0.390 e. The summed E-state index contributed by atoms with van der Waals surface area (Å²) in [4.78, 5) is 8.45.